The van der Waals surface area contributed by atoms with Crippen LogP contribution >= 0.6 is 11.3 Å². The van der Waals surface area contributed by atoms with Gasteiger partial charge in [-0.05, 0) is 24.3 Å². The second-order valence-corrected chi connectivity index (χ2v) is 7.23. The van der Waals surface area contributed by atoms with Crippen molar-refractivity contribution in [2.24, 2.45) is 0 Å². The topological polar surface area (TPSA) is 114 Å². The van der Waals surface area contributed by atoms with Gasteiger partial charge in [-0.1, -0.05) is 0 Å². The Morgan fingerprint density at radius 3 is 2.76 bits per heavy atom. The molecule has 5 N–H and O–H groups in total. The van der Waals surface area contributed by atoms with E-state index < -0.39 is 0 Å². The summed E-state index contributed by atoms with van der Waals surface area (Å²) in [4.78, 5) is 27.5. The largest absolute Gasteiger partial charge is 0.399 e. The minimum absolute atomic E-state index is 0.0784. The van der Waals surface area contributed by atoms with E-state index >= 15 is 0 Å². The van der Waals surface area contributed by atoms with Crippen LogP contribution in [0, 0.1) is 0 Å². The highest BCUT2D eigenvalue weighted by atomic mass is 32.1. The SMILES string of the molecule is Nc1ccc(-c2nc3c(c(=O)[nH]2)CN(Cc2cnc(N)s2)CC3)cc1. The van der Waals surface area contributed by atoms with E-state index in [4.69, 9.17) is 11.5 Å². The first-order valence-corrected chi connectivity index (χ1v) is 8.80. The molecular formula is C17H18N6OS. The molecular weight excluding hydrogens is 336 g/mol. The van der Waals surface area contributed by atoms with Gasteiger partial charge in [0.05, 0.1) is 11.3 Å². The molecule has 1 aromatic carbocycles. The molecule has 0 radical (unpaired) electrons. The van der Waals surface area contributed by atoms with Crippen LogP contribution in [-0.4, -0.2) is 26.4 Å². The standard InChI is InChI=1S/C17H18N6OS/c18-11-3-1-10(2-4-11)15-21-14-5-6-23(9-13(14)16(24)22-15)8-12-7-20-17(19)25-12/h1-4,7H,5-6,8-9,18H2,(H2,19,20)(H,21,22,24). The average Bonchev–Trinajstić information content (AvgIpc) is 3.01. The number of anilines is 2. The molecule has 2 aromatic heterocycles. The minimum Gasteiger partial charge on any atom is -0.399 e. The summed E-state index contributed by atoms with van der Waals surface area (Å²) in [5.41, 5.74) is 14.5. The second-order valence-electron chi connectivity index (χ2n) is 6.09. The minimum atomic E-state index is -0.0784. The van der Waals surface area contributed by atoms with Crippen molar-refractivity contribution in [2.75, 3.05) is 18.0 Å². The normalized spacial score (nSPS) is 14.4. The first kappa shape index (κ1) is 15.8. The Morgan fingerprint density at radius 1 is 1.24 bits per heavy atom. The highest BCUT2D eigenvalue weighted by molar-refractivity contribution is 7.15. The zero-order valence-corrected chi connectivity index (χ0v) is 14.3. The second kappa shape index (κ2) is 6.30. The number of nitrogens with one attached hydrogen (secondary N) is 1. The lowest BCUT2D eigenvalue weighted by Crippen LogP contribution is -2.35. The molecule has 3 heterocycles. The van der Waals surface area contributed by atoms with E-state index in [2.05, 4.69) is 19.9 Å². The van der Waals surface area contributed by atoms with Crippen LogP contribution in [0.5, 0.6) is 0 Å². The van der Waals surface area contributed by atoms with Crippen molar-refractivity contribution in [3.8, 4) is 11.4 Å². The summed E-state index contributed by atoms with van der Waals surface area (Å²) in [6.45, 7) is 2.17. The molecule has 0 saturated heterocycles. The number of nitrogens with zero attached hydrogens (tertiary/aromatic N) is 3. The molecule has 8 heteroatoms. The van der Waals surface area contributed by atoms with Crippen molar-refractivity contribution >= 4 is 22.2 Å². The number of benzene rings is 1. The number of rotatable bonds is 3. The molecule has 1 aliphatic heterocycles. The Bertz CT molecular complexity index is 962. The molecule has 0 fully saturated rings. The summed E-state index contributed by atoms with van der Waals surface area (Å²) in [7, 11) is 0. The zero-order valence-electron chi connectivity index (χ0n) is 13.5. The van der Waals surface area contributed by atoms with E-state index in [9.17, 15) is 4.79 Å². The highest BCUT2D eigenvalue weighted by Crippen LogP contribution is 2.22. The van der Waals surface area contributed by atoms with Gasteiger partial charge >= 0.3 is 0 Å². The van der Waals surface area contributed by atoms with Crippen molar-refractivity contribution in [1.29, 1.82) is 0 Å². The van der Waals surface area contributed by atoms with Gasteiger partial charge in [0.2, 0.25) is 0 Å². The molecule has 1 aliphatic rings. The molecule has 0 bridgehead atoms. The van der Waals surface area contributed by atoms with Crippen LogP contribution in [0.4, 0.5) is 10.8 Å². The van der Waals surface area contributed by atoms with E-state index in [0.717, 1.165) is 41.2 Å². The summed E-state index contributed by atoms with van der Waals surface area (Å²) >= 11 is 1.48. The number of nitrogens with two attached hydrogens (primary N) is 2. The van der Waals surface area contributed by atoms with Crippen molar-refractivity contribution in [3.63, 3.8) is 0 Å². The van der Waals surface area contributed by atoms with Crippen molar-refractivity contribution in [3.05, 3.63) is 57.0 Å². The molecule has 3 aromatic rings. The zero-order chi connectivity index (χ0) is 17.4. The smallest absolute Gasteiger partial charge is 0.255 e. The van der Waals surface area contributed by atoms with E-state index in [1.165, 1.54) is 11.3 Å². The number of thiazole rings is 1. The Balaban J connectivity index is 1.59. The summed E-state index contributed by atoms with van der Waals surface area (Å²) < 4.78 is 0. The van der Waals surface area contributed by atoms with Crippen LogP contribution in [0.1, 0.15) is 16.1 Å². The Kier molecular flexibility index (Phi) is 3.98. The fourth-order valence-corrected chi connectivity index (χ4v) is 3.74. The van der Waals surface area contributed by atoms with E-state index in [0.29, 0.717) is 23.2 Å². The molecule has 0 amide bonds. The molecule has 0 spiro atoms. The molecule has 0 saturated carbocycles. The van der Waals surface area contributed by atoms with Gasteiger partial charge in [-0.2, -0.15) is 0 Å². The van der Waals surface area contributed by atoms with Gasteiger partial charge in [-0.15, -0.1) is 11.3 Å². The maximum atomic E-state index is 12.6. The van der Waals surface area contributed by atoms with Gasteiger partial charge < -0.3 is 16.5 Å². The third-order valence-corrected chi connectivity index (χ3v) is 5.09. The quantitative estimate of drug-likeness (QED) is 0.616. The molecule has 0 aliphatic carbocycles. The maximum Gasteiger partial charge on any atom is 0.255 e. The number of hydrogen-bond acceptors (Lipinski definition) is 7. The molecule has 4 rings (SSSR count). The highest BCUT2D eigenvalue weighted by Gasteiger charge is 2.22. The van der Waals surface area contributed by atoms with E-state index in [1.807, 2.05) is 12.1 Å². The van der Waals surface area contributed by atoms with Crippen molar-refractivity contribution in [1.82, 2.24) is 19.9 Å². The molecule has 0 unspecified atom stereocenters. The third kappa shape index (κ3) is 3.26. The number of nitrogen functional groups attached to an aromatic ring is 2. The lowest BCUT2D eigenvalue weighted by Gasteiger charge is -2.27. The van der Waals surface area contributed by atoms with Gasteiger partial charge in [-0.25, -0.2) is 9.97 Å². The fraction of sp³-hybridized carbons (Fsp3) is 0.235. The van der Waals surface area contributed by atoms with E-state index in [1.54, 1.807) is 18.3 Å². The van der Waals surface area contributed by atoms with Crippen LogP contribution in [0.25, 0.3) is 11.4 Å². The van der Waals surface area contributed by atoms with Crippen LogP contribution < -0.4 is 17.0 Å². The predicted octanol–water partition coefficient (Wildman–Crippen LogP) is 1.62. The summed E-state index contributed by atoms with van der Waals surface area (Å²) in [5.74, 6) is 0.590. The van der Waals surface area contributed by atoms with Gasteiger partial charge in [0.25, 0.3) is 5.56 Å². The molecule has 25 heavy (non-hydrogen) atoms. The first-order valence-electron chi connectivity index (χ1n) is 7.99. The van der Waals surface area contributed by atoms with Crippen molar-refractivity contribution < 1.29 is 0 Å². The predicted molar refractivity (Wildman–Crippen MR) is 99.1 cm³/mol. The third-order valence-electron chi connectivity index (χ3n) is 4.28. The lowest BCUT2D eigenvalue weighted by molar-refractivity contribution is 0.244. The lowest BCUT2D eigenvalue weighted by atomic mass is 10.1. The number of aromatic nitrogens is 3. The molecule has 0 atom stereocenters. The number of hydrogen-bond donors (Lipinski definition) is 3. The summed E-state index contributed by atoms with van der Waals surface area (Å²) in [5, 5.41) is 0.570. The number of fused-ring (bicyclic) bond motifs is 1. The van der Waals surface area contributed by atoms with Gasteiger partial charge in [0.15, 0.2) is 5.13 Å². The Labute approximate surface area is 148 Å². The van der Waals surface area contributed by atoms with Gasteiger partial charge in [0, 0.05) is 48.4 Å². The van der Waals surface area contributed by atoms with Crippen LogP contribution in [-0.2, 0) is 19.5 Å². The molecule has 128 valence electrons. The molecule has 7 nitrogen and oxygen atoms in total. The monoisotopic (exact) mass is 354 g/mol. The Hall–Kier alpha value is -2.71. The summed E-state index contributed by atoms with van der Waals surface area (Å²) in [6, 6.07) is 7.33. The van der Waals surface area contributed by atoms with Crippen molar-refractivity contribution in [2.45, 2.75) is 19.5 Å². The number of aromatic amines is 1. The number of H-pyrrole nitrogens is 1. The average molecular weight is 354 g/mol. The fourth-order valence-electron chi connectivity index (χ4n) is 3.01. The van der Waals surface area contributed by atoms with Crippen LogP contribution in [0.15, 0.2) is 35.3 Å². The first-order chi connectivity index (χ1) is 12.1. The van der Waals surface area contributed by atoms with E-state index in [-0.39, 0.29) is 5.56 Å². The van der Waals surface area contributed by atoms with Crippen LogP contribution in [0.3, 0.4) is 0 Å². The summed E-state index contributed by atoms with van der Waals surface area (Å²) in [6.07, 6.45) is 2.54. The van der Waals surface area contributed by atoms with Gasteiger partial charge in [0.1, 0.15) is 5.82 Å². The van der Waals surface area contributed by atoms with Gasteiger partial charge in [-0.3, -0.25) is 9.69 Å². The maximum absolute atomic E-state index is 12.6. The Morgan fingerprint density at radius 2 is 2.04 bits per heavy atom. The van der Waals surface area contributed by atoms with Crippen LogP contribution in [0.2, 0.25) is 0 Å².